The van der Waals surface area contributed by atoms with Gasteiger partial charge in [0, 0.05) is 11.1 Å². The van der Waals surface area contributed by atoms with Gasteiger partial charge in [-0.1, -0.05) is 42.0 Å². The highest BCUT2D eigenvalue weighted by atomic mass is 16.5. The van der Waals surface area contributed by atoms with E-state index in [1.54, 1.807) is 5.57 Å². The Labute approximate surface area is 192 Å². The van der Waals surface area contributed by atoms with Gasteiger partial charge < -0.3 is 4.74 Å². The molecule has 9 aliphatic rings. The highest BCUT2D eigenvalue weighted by Gasteiger charge is 2.91. The van der Waals surface area contributed by atoms with Crippen LogP contribution in [0.3, 0.4) is 0 Å². The van der Waals surface area contributed by atoms with Gasteiger partial charge in [-0.25, -0.2) is 0 Å². The van der Waals surface area contributed by atoms with Gasteiger partial charge in [0.25, 0.3) is 0 Å². The minimum Gasteiger partial charge on any atom is -0.456 e. The summed E-state index contributed by atoms with van der Waals surface area (Å²) in [6.45, 7) is 0. The Kier molecular flexibility index (Phi) is 2.38. The zero-order valence-electron chi connectivity index (χ0n) is 17.8. The molecule has 8 atom stereocenters. The summed E-state index contributed by atoms with van der Waals surface area (Å²) >= 11 is 0. The van der Waals surface area contributed by atoms with E-state index < -0.39 is 0 Å². The summed E-state index contributed by atoms with van der Waals surface area (Å²) in [4.78, 5) is 0. The van der Waals surface area contributed by atoms with Gasteiger partial charge in [-0.2, -0.15) is 10.5 Å². The predicted molar refractivity (Wildman–Crippen MR) is 119 cm³/mol. The van der Waals surface area contributed by atoms with Crippen molar-refractivity contribution in [3.8, 4) is 23.6 Å². The van der Waals surface area contributed by atoms with Crippen molar-refractivity contribution < 1.29 is 4.74 Å². The third-order valence-electron chi connectivity index (χ3n) is 11.6. The van der Waals surface area contributed by atoms with E-state index in [-0.39, 0.29) is 0 Å². The molecule has 8 fully saturated rings. The molecule has 1 heterocycles. The largest absolute Gasteiger partial charge is 0.456 e. The van der Waals surface area contributed by atoms with Gasteiger partial charge in [0.05, 0.1) is 0 Å². The zero-order valence-corrected chi connectivity index (χ0v) is 17.8. The molecule has 0 radical (unpaired) electrons. The summed E-state index contributed by atoms with van der Waals surface area (Å²) in [5.74, 6) is 10.6. The lowest BCUT2D eigenvalue weighted by Gasteiger charge is -2.27. The van der Waals surface area contributed by atoms with Crippen molar-refractivity contribution in [2.45, 2.75) is 0 Å². The number of rotatable bonds is 0. The molecule has 2 aromatic rings. The van der Waals surface area contributed by atoms with Gasteiger partial charge in [-0.3, -0.25) is 0 Å². The highest BCUT2D eigenvalue weighted by molar-refractivity contribution is 5.91. The average molecular weight is 425 g/mol. The molecule has 11 rings (SSSR count). The van der Waals surface area contributed by atoms with Crippen molar-refractivity contribution in [1.82, 2.24) is 0 Å². The van der Waals surface area contributed by atoms with Gasteiger partial charge in [0.1, 0.15) is 29.2 Å². The fourth-order valence-electron chi connectivity index (χ4n) is 11.9. The predicted octanol–water partition coefficient (Wildman–Crippen LogP) is 5.43. The van der Waals surface area contributed by atoms with Crippen LogP contribution in [0.15, 0.2) is 65.3 Å². The highest BCUT2D eigenvalue weighted by Crippen LogP contribution is 2.95. The van der Waals surface area contributed by atoms with Gasteiger partial charge >= 0.3 is 0 Å². The zero-order chi connectivity index (χ0) is 21.3. The number of ether oxygens (including phenoxy) is 1. The maximum atomic E-state index is 9.70. The summed E-state index contributed by atoms with van der Waals surface area (Å²) in [6, 6.07) is 21.8. The summed E-state index contributed by atoms with van der Waals surface area (Å²) in [6.07, 6.45) is 0. The number of para-hydroxylation sites is 2. The average Bonchev–Trinajstić information content (AvgIpc) is 3.63. The second kappa shape index (κ2) is 4.80. The smallest absolute Gasteiger partial charge is 0.135 e. The number of nitriles is 2. The minimum atomic E-state index is 0.479. The molecule has 4 bridgehead atoms. The monoisotopic (exact) mass is 424 g/mol. The third kappa shape index (κ3) is 1.36. The van der Waals surface area contributed by atoms with Crippen LogP contribution in [0.5, 0.6) is 11.5 Å². The normalized spacial score (nSPS) is 48.0. The molecular formula is C30H20N2O. The Hall–Kier alpha value is -3.30. The van der Waals surface area contributed by atoms with E-state index in [9.17, 15) is 10.5 Å². The summed E-state index contributed by atoms with van der Waals surface area (Å²) in [5, 5.41) is 19.4. The minimum absolute atomic E-state index is 0.479. The number of hydrogen-bond donors (Lipinski definition) is 0. The molecule has 0 amide bonds. The number of nitrogens with zero attached hydrogens (tertiary/aromatic N) is 2. The van der Waals surface area contributed by atoms with Crippen LogP contribution in [0.1, 0.15) is 11.1 Å². The van der Waals surface area contributed by atoms with Gasteiger partial charge in [0.15, 0.2) is 0 Å². The Bertz CT molecular complexity index is 1380. The van der Waals surface area contributed by atoms with E-state index in [4.69, 9.17) is 4.74 Å². The molecule has 0 N–H and O–H groups in total. The molecule has 0 spiro atoms. The second-order valence-electron chi connectivity index (χ2n) is 11.7. The van der Waals surface area contributed by atoms with Crippen LogP contribution < -0.4 is 4.74 Å². The molecule has 0 saturated heterocycles. The van der Waals surface area contributed by atoms with Crippen molar-refractivity contribution in [3.63, 3.8) is 0 Å². The summed E-state index contributed by atoms with van der Waals surface area (Å²) in [7, 11) is 0. The summed E-state index contributed by atoms with van der Waals surface area (Å²) < 4.78 is 6.34. The Morgan fingerprint density at radius 3 is 1.48 bits per heavy atom. The fraction of sp³-hybridized carbons (Fsp3) is 0.400. The van der Waals surface area contributed by atoms with Crippen molar-refractivity contribution in [1.29, 1.82) is 10.5 Å². The standard InChI is InChI=1S/C30H20N2O/c31-9-11(10-32)16-18-21-23-19(16)24-22(18)28-26-20(25(27(21)28)29(23)30(24)26)17-12-5-1-3-7-14(12)33-15-8-4-2-6-13(15)17/h1-8,18-19,21-30H. The number of allylic oxidation sites excluding steroid dienone is 3. The lowest BCUT2D eigenvalue weighted by molar-refractivity contribution is 0.220. The van der Waals surface area contributed by atoms with Crippen molar-refractivity contribution in [2.24, 2.45) is 71.0 Å². The van der Waals surface area contributed by atoms with Gasteiger partial charge in [-0.15, -0.1) is 0 Å². The number of benzene rings is 2. The maximum Gasteiger partial charge on any atom is 0.135 e. The molecular weight excluding hydrogens is 404 g/mol. The van der Waals surface area contributed by atoms with E-state index in [0.29, 0.717) is 29.2 Å². The first-order chi connectivity index (χ1) is 16.3. The molecule has 0 aromatic heterocycles. The molecule has 1 aliphatic heterocycles. The van der Waals surface area contributed by atoms with Crippen LogP contribution in [0, 0.1) is 93.7 Å². The van der Waals surface area contributed by atoms with Crippen LogP contribution in [-0.2, 0) is 0 Å². The molecule has 33 heavy (non-hydrogen) atoms. The molecule has 8 aliphatic carbocycles. The maximum absolute atomic E-state index is 9.70. The topological polar surface area (TPSA) is 56.8 Å². The first kappa shape index (κ1) is 16.3. The van der Waals surface area contributed by atoms with Crippen molar-refractivity contribution in [2.75, 3.05) is 0 Å². The molecule has 8 saturated carbocycles. The summed E-state index contributed by atoms with van der Waals surface area (Å²) in [5.41, 5.74) is 7.63. The van der Waals surface area contributed by atoms with Gasteiger partial charge in [-0.05, 0) is 94.3 Å². The second-order valence-corrected chi connectivity index (χ2v) is 11.7. The van der Waals surface area contributed by atoms with E-state index >= 15 is 0 Å². The van der Waals surface area contributed by atoms with Crippen LogP contribution in [0.4, 0.5) is 0 Å². The Morgan fingerprint density at radius 1 is 0.606 bits per heavy atom. The fourth-order valence-corrected chi connectivity index (χ4v) is 11.9. The quantitative estimate of drug-likeness (QED) is 0.452. The van der Waals surface area contributed by atoms with Crippen molar-refractivity contribution in [3.05, 3.63) is 76.4 Å². The molecule has 2 aromatic carbocycles. The SMILES string of the molecule is N#CC(C#N)=C1C2C3C4C1C1C2C2C5C(=C6c7ccccc7Oc7ccccc76)C(C32)C4C51. The van der Waals surface area contributed by atoms with Crippen LogP contribution in [0.2, 0.25) is 0 Å². The van der Waals surface area contributed by atoms with Gasteiger partial charge in [0.2, 0.25) is 0 Å². The van der Waals surface area contributed by atoms with Crippen LogP contribution in [0.25, 0.3) is 5.57 Å². The number of fused-ring (bicyclic) bond motifs is 2. The molecule has 3 nitrogen and oxygen atoms in total. The Morgan fingerprint density at radius 2 is 1.03 bits per heavy atom. The van der Waals surface area contributed by atoms with Crippen molar-refractivity contribution >= 4 is 5.57 Å². The lowest BCUT2D eigenvalue weighted by atomic mass is 9.80. The van der Waals surface area contributed by atoms with E-state index in [2.05, 4.69) is 60.7 Å². The third-order valence-corrected chi connectivity index (χ3v) is 11.6. The van der Waals surface area contributed by atoms with Crippen LogP contribution >= 0.6 is 0 Å². The molecule has 8 unspecified atom stereocenters. The first-order valence-corrected chi connectivity index (χ1v) is 12.5. The van der Waals surface area contributed by atoms with E-state index in [1.165, 1.54) is 22.3 Å². The first-order valence-electron chi connectivity index (χ1n) is 12.5. The number of hydrogen-bond acceptors (Lipinski definition) is 3. The molecule has 3 heteroatoms. The van der Waals surface area contributed by atoms with E-state index in [0.717, 1.165) is 58.8 Å². The molecule has 156 valence electrons. The van der Waals surface area contributed by atoms with E-state index in [1.807, 2.05) is 0 Å². The Balaban J connectivity index is 1.24. The lowest BCUT2D eigenvalue weighted by Crippen LogP contribution is -2.21. The van der Waals surface area contributed by atoms with Crippen LogP contribution in [-0.4, -0.2) is 0 Å².